The maximum atomic E-state index is 11.0. The number of aliphatic carboxylic acids is 1. The quantitative estimate of drug-likeness (QED) is 0.652. The van der Waals surface area contributed by atoms with Gasteiger partial charge in [0.1, 0.15) is 6.10 Å². The highest BCUT2D eigenvalue weighted by Gasteiger charge is 2.42. The molecule has 1 fully saturated rings. The van der Waals surface area contributed by atoms with Gasteiger partial charge in [-0.15, -0.1) is 0 Å². The Morgan fingerprint density at radius 1 is 1.75 bits per heavy atom. The molecule has 1 aliphatic rings. The zero-order chi connectivity index (χ0) is 9.30. The Morgan fingerprint density at radius 2 is 2.33 bits per heavy atom. The van der Waals surface area contributed by atoms with Crippen LogP contribution in [0.25, 0.3) is 0 Å². The highest BCUT2D eigenvalue weighted by molar-refractivity contribution is 5.83. The number of amides is 1. The number of carbonyl (C=O) groups is 2. The molecule has 1 N–H and O–H groups in total. The molecule has 12 heavy (non-hydrogen) atoms. The van der Waals surface area contributed by atoms with E-state index in [-0.39, 0.29) is 0 Å². The van der Waals surface area contributed by atoms with Crippen molar-refractivity contribution >= 4 is 12.1 Å². The molecule has 0 bridgehead atoms. The van der Waals surface area contributed by atoms with E-state index in [2.05, 4.69) is 0 Å². The zero-order valence-electron chi connectivity index (χ0n) is 6.98. The minimum Gasteiger partial charge on any atom is -0.480 e. The summed E-state index contributed by atoms with van der Waals surface area (Å²) in [5, 5.41) is 8.73. The summed E-state index contributed by atoms with van der Waals surface area (Å²) in [6.07, 6.45) is -1.10. The van der Waals surface area contributed by atoms with Crippen molar-refractivity contribution in [1.82, 2.24) is 4.90 Å². The maximum absolute atomic E-state index is 11.0. The van der Waals surface area contributed by atoms with E-state index in [4.69, 9.17) is 9.84 Å². The second kappa shape index (κ2) is 3.00. The molecule has 0 saturated carbocycles. The molecule has 1 saturated heterocycles. The van der Waals surface area contributed by atoms with Gasteiger partial charge < -0.3 is 9.84 Å². The molecule has 68 valence electrons. The van der Waals surface area contributed by atoms with Gasteiger partial charge in [0.15, 0.2) is 6.04 Å². The lowest BCUT2D eigenvalue weighted by atomic mass is 10.2. The van der Waals surface area contributed by atoms with Crippen molar-refractivity contribution in [2.75, 3.05) is 6.54 Å². The van der Waals surface area contributed by atoms with Gasteiger partial charge in [-0.3, -0.25) is 4.90 Å². The Kier molecular flexibility index (Phi) is 2.21. The van der Waals surface area contributed by atoms with E-state index in [1.165, 1.54) is 4.90 Å². The second-order valence-corrected chi connectivity index (χ2v) is 2.66. The minimum atomic E-state index is -1.02. The lowest BCUT2D eigenvalue weighted by Crippen LogP contribution is -2.41. The van der Waals surface area contributed by atoms with E-state index in [0.29, 0.717) is 6.54 Å². The van der Waals surface area contributed by atoms with Crippen molar-refractivity contribution in [3.05, 3.63) is 0 Å². The van der Waals surface area contributed by atoms with Crippen LogP contribution in [0.3, 0.4) is 0 Å². The monoisotopic (exact) mass is 173 g/mol. The molecule has 2 unspecified atom stereocenters. The Labute approximate surface area is 69.9 Å². The highest BCUT2D eigenvalue weighted by atomic mass is 16.6. The second-order valence-electron chi connectivity index (χ2n) is 2.66. The molecular formula is C7H11NO4. The van der Waals surface area contributed by atoms with Gasteiger partial charge in [0.2, 0.25) is 0 Å². The summed E-state index contributed by atoms with van der Waals surface area (Å²) in [4.78, 5) is 22.8. The Hall–Kier alpha value is -1.26. The average molecular weight is 173 g/mol. The predicted octanol–water partition coefficient (Wildman–Crippen LogP) is 0.300. The summed E-state index contributed by atoms with van der Waals surface area (Å²) < 4.78 is 4.74. The topological polar surface area (TPSA) is 66.8 Å². The number of cyclic esters (lactones) is 1. The van der Waals surface area contributed by atoms with Crippen molar-refractivity contribution in [2.24, 2.45) is 0 Å². The highest BCUT2D eigenvalue weighted by Crippen LogP contribution is 2.18. The van der Waals surface area contributed by atoms with E-state index in [1.807, 2.05) is 0 Å². The smallest absolute Gasteiger partial charge is 0.410 e. The number of hydrogen-bond donors (Lipinski definition) is 1. The van der Waals surface area contributed by atoms with Gasteiger partial charge in [-0.2, -0.15) is 0 Å². The van der Waals surface area contributed by atoms with Gasteiger partial charge in [-0.25, -0.2) is 9.59 Å². The summed E-state index contributed by atoms with van der Waals surface area (Å²) in [7, 11) is 0. The van der Waals surface area contributed by atoms with Crippen LogP contribution in [0.2, 0.25) is 0 Å². The summed E-state index contributed by atoms with van der Waals surface area (Å²) in [5.41, 5.74) is 0. The molecule has 0 aliphatic carbocycles. The number of carbonyl (C=O) groups excluding carboxylic acids is 1. The fourth-order valence-electron chi connectivity index (χ4n) is 1.32. The molecule has 1 amide bonds. The average Bonchev–Trinajstić information content (AvgIpc) is 2.24. The Morgan fingerprint density at radius 3 is 2.67 bits per heavy atom. The van der Waals surface area contributed by atoms with E-state index in [9.17, 15) is 9.59 Å². The predicted molar refractivity (Wildman–Crippen MR) is 39.7 cm³/mol. The van der Waals surface area contributed by atoms with Crippen molar-refractivity contribution in [3.8, 4) is 0 Å². The summed E-state index contributed by atoms with van der Waals surface area (Å²) >= 11 is 0. The number of likely N-dealkylation sites (N-methyl/N-ethyl adjacent to an activating group) is 1. The van der Waals surface area contributed by atoms with Crippen molar-refractivity contribution in [1.29, 1.82) is 0 Å². The van der Waals surface area contributed by atoms with Crippen LogP contribution in [0, 0.1) is 0 Å². The van der Waals surface area contributed by atoms with Crippen LogP contribution in [-0.2, 0) is 9.53 Å². The fourth-order valence-corrected chi connectivity index (χ4v) is 1.32. The zero-order valence-corrected chi connectivity index (χ0v) is 6.98. The number of ether oxygens (including phenoxy) is 1. The SMILES string of the molecule is CCN1C(=O)OC(C)C1C(=O)O. The number of nitrogens with zero attached hydrogens (tertiary/aromatic N) is 1. The molecule has 1 aliphatic heterocycles. The third-order valence-electron chi connectivity index (χ3n) is 1.90. The fraction of sp³-hybridized carbons (Fsp3) is 0.714. The first-order valence-corrected chi connectivity index (χ1v) is 3.78. The molecule has 0 aromatic rings. The van der Waals surface area contributed by atoms with Crippen LogP contribution in [0.15, 0.2) is 0 Å². The van der Waals surface area contributed by atoms with Crippen molar-refractivity contribution in [3.63, 3.8) is 0 Å². The number of rotatable bonds is 2. The van der Waals surface area contributed by atoms with Crippen LogP contribution in [0.5, 0.6) is 0 Å². The molecule has 1 heterocycles. The van der Waals surface area contributed by atoms with Gasteiger partial charge >= 0.3 is 12.1 Å². The van der Waals surface area contributed by atoms with E-state index in [0.717, 1.165) is 0 Å². The van der Waals surface area contributed by atoms with Crippen LogP contribution >= 0.6 is 0 Å². The molecule has 0 radical (unpaired) electrons. The lowest BCUT2D eigenvalue weighted by Gasteiger charge is -2.16. The van der Waals surface area contributed by atoms with Crippen LogP contribution in [0.1, 0.15) is 13.8 Å². The third-order valence-corrected chi connectivity index (χ3v) is 1.90. The summed E-state index contributed by atoms with van der Waals surface area (Å²) in [6, 6.07) is -0.831. The maximum Gasteiger partial charge on any atom is 0.410 e. The molecular weight excluding hydrogens is 162 g/mol. The molecule has 0 aromatic heterocycles. The van der Waals surface area contributed by atoms with Gasteiger partial charge in [-0.1, -0.05) is 0 Å². The summed E-state index contributed by atoms with van der Waals surface area (Å²) in [5.74, 6) is -1.02. The molecule has 0 aromatic carbocycles. The lowest BCUT2D eigenvalue weighted by molar-refractivity contribution is -0.142. The van der Waals surface area contributed by atoms with Gasteiger partial charge in [0.25, 0.3) is 0 Å². The number of carboxylic acids is 1. The first-order valence-electron chi connectivity index (χ1n) is 3.78. The number of hydrogen-bond acceptors (Lipinski definition) is 3. The molecule has 2 atom stereocenters. The van der Waals surface area contributed by atoms with E-state index in [1.54, 1.807) is 13.8 Å². The Balaban J connectivity index is 2.82. The third kappa shape index (κ3) is 1.22. The normalized spacial score (nSPS) is 28.8. The largest absolute Gasteiger partial charge is 0.480 e. The van der Waals surface area contributed by atoms with Crippen LogP contribution < -0.4 is 0 Å². The van der Waals surface area contributed by atoms with Gasteiger partial charge in [-0.05, 0) is 13.8 Å². The minimum absolute atomic E-state index is 0.361. The number of carboxylic acid groups (broad SMARTS) is 1. The molecule has 5 nitrogen and oxygen atoms in total. The van der Waals surface area contributed by atoms with Gasteiger partial charge in [0, 0.05) is 6.54 Å². The van der Waals surface area contributed by atoms with Gasteiger partial charge in [0.05, 0.1) is 0 Å². The van der Waals surface area contributed by atoms with E-state index >= 15 is 0 Å². The van der Waals surface area contributed by atoms with Crippen LogP contribution in [-0.4, -0.2) is 40.8 Å². The Bertz CT molecular complexity index is 215. The molecule has 5 heteroatoms. The molecule has 0 spiro atoms. The molecule has 1 rings (SSSR count). The van der Waals surface area contributed by atoms with Crippen molar-refractivity contribution < 1.29 is 19.4 Å². The van der Waals surface area contributed by atoms with Crippen molar-refractivity contribution in [2.45, 2.75) is 26.0 Å². The first-order chi connectivity index (χ1) is 5.57. The van der Waals surface area contributed by atoms with Crippen LogP contribution in [0.4, 0.5) is 4.79 Å². The van der Waals surface area contributed by atoms with E-state index < -0.39 is 24.2 Å². The standard InChI is InChI=1S/C7H11NO4/c1-3-8-5(6(9)10)4(2)12-7(8)11/h4-5H,3H2,1-2H3,(H,9,10). The summed E-state index contributed by atoms with van der Waals surface area (Å²) in [6.45, 7) is 3.65. The first kappa shape index (κ1) is 8.83.